The Morgan fingerprint density at radius 2 is 2.06 bits per heavy atom. The molecule has 32 heavy (non-hydrogen) atoms. The Balaban J connectivity index is 1.61. The van der Waals surface area contributed by atoms with Crippen molar-refractivity contribution >= 4 is 28.8 Å². The van der Waals surface area contributed by atoms with Gasteiger partial charge in [-0.1, -0.05) is 36.4 Å². The molecule has 0 spiro atoms. The third-order valence-corrected chi connectivity index (χ3v) is 6.77. The van der Waals surface area contributed by atoms with Crippen LogP contribution in [-0.4, -0.2) is 46.6 Å². The zero-order valence-corrected chi connectivity index (χ0v) is 18.3. The predicted octanol–water partition coefficient (Wildman–Crippen LogP) is 2.85. The van der Waals surface area contributed by atoms with Crippen molar-refractivity contribution in [3.8, 4) is 0 Å². The highest BCUT2D eigenvalue weighted by atomic mass is 16.5. The second-order valence-electron chi connectivity index (χ2n) is 8.93. The summed E-state index contributed by atoms with van der Waals surface area (Å²) in [6.45, 7) is 0. The third kappa shape index (κ3) is 4.04. The number of carbonyl (C=O) groups excluding carboxylic acids is 2. The van der Waals surface area contributed by atoms with E-state index in [2.05, 4.69) is 37.3 Å². The van der Waals surface area contributed by atoms with Crippen molar-refractivity contribution in [2.45, 2.75) is 31.3 Å². The Kier molecular flexibility index (Phi) is 5.86. The smallest absolute Gasteiger partial charge is 0.276 e. The number of rotatable bonds is 7. The highest BCUT2D eigenvalue weighted by Crippen LogP contribution is 2.41. The van der Waals surface area contributed by atoms with Gasteiger partial charge in [-0.2, -0.15) is 0 Å². The lowest BCUT2D eigenvalue weighted by molar-refractivity contribution is -0.935. The lowest BCUT2D eigenvalue weighted by Gasteiger charge is -2.42. The summed E-state index contributed by atoms with van der Waals surface area (Å²) in [5, 5.41) is 9.77. The first kappa shape index (κ1) is 21.8. The molecular weight excluding hydrogens is 404 g/mol. The molecule has 2 aromatic carbocycles. The van der Waals surface area contributed by atoms with Crippen molar-refractivity contribution in [1.82, 2.24) is 10.5 Å². The first-order valence-electron chi connectivity index (χ1n) is 10.7. The minimum atomic E-state index is -0.567. The van der Waals surface area contributed by atoms with Gasteiger partial charge in [0.05, 0.1) is 14.1 Å². The van der Waals surface area contributed by atoms with Crippen LogP contribution in [0.1, 0.15) is 34.7 Å². The molecule has 1 unspecified atom stereocenters. The van der Waals surface area contributed by atoms with Crippen LogP contribution in [0.4, 0.5) is 0 Å². The quantitative estimate of drug-likeness (QED) is 0.199. The number of quaternary nitrogens is 1. The number of amides is 2. The van der Waals surface area contributed by atoms with Crippen LogP contribution >= 0.6 is 0 Å². The summed E-state index contributed by atoms with van der Waals surface area (Å²) in [4.78, 5) is 27.2. The first-order chi connectivity index (χ1) is 15.3. The van der Waals surface area contributed by atoms with E-state index in [1.54, 1.807) is 11.6 Å². The molecule has 4 rings (SSSR count). The highest BCUT2D eigenvalue weighted by molar-refractivity contribution is 5.90. The van der Waals surface area contributed by atoms with Gasteiger partial charge in [-0.15, -0.1) is 0 Å². The van der Waals surface area contributed by atoms with Gasteiger partial charge in [-0.05, 0) is 35.3 Å². The number of aryl methyl sites for hydroxylation is 1. The van der Waals surface area contributed by atoms with Crippen molar-refractivity contribution < 1.29 is 19.3 Å². The summed E-state index contributed by atoms with van der Waals surface area (Å²) in [5.41, 5.74) is 13.0. The Morgan fingerprint density at radius 3 is 2.81 bits per heavy atom. The Bertz CT molecular complexity index is 1190. The first-order valence-corrected chi connectivity index (χ1v) is 10.7. The van der Waals surface area contributed by atoms with Gasteiger partial charge in [0.15, 0.2) is 6.04 Å². The van der Waals surface area contributed by atoms with Crippen molar-refractivity contribution in [2.75, 3.05) is 14.1 Å². The lowest BCUT2D eigenvalue weighted by atomic mass is 9.96. The highest BCUT2D eigenvalue weighted by Gasteiger charge is 2.43. The summed E-state index contributed by atoms with van der Waals surface area (Å²) in [6, 6.07) is 14.0. The summed E-state index contributed by atoms with van der Waals surface area (Å²) in [5.74, 6) is -0.869. The number of hydroxylamine groups is 1. The topological polar surface area (TPSA) is 108 Å². The van der Waals surface area contributed by atoms with Gasteiger partial charge in [0.1, 0.15) is 6.04 Å². The number of nitrogens with two attached hydrogens (primary N) is 1. The van der Waals surface area contributed by atoms with Gasteiger partial charge >= 0.3 is 0 Å². The average molecular weight is 434 g/mol. The number of benzene rings is 2. The molecule has 1 aliphatic carbocycles. The second-order valence-corrected chi connectivity index (χ2v) is 8.93. The molecule has 0 aliphatic heterocycles. The van der Waals surface area contributed by atoms with Crippen molar-refractivity contribution in [1.29, 1.82) is 0 Å². The van der Waals surface area contributed by atoms with Crippen LogP contribution in [0.2, 0.25) is 0 Å². The van der Waals surface area contributed by atoms with E-state index in [0.29, 0.717) is 10.9 Å². The van der Waals surface area contributed by atoms with E-state index in [9.17, 15) is 9.59 Å². The van der Waals surface area contributed by atoms with Crippen LogP contribution in [0, 0.1) is 0 Å². The molecule has 0 bridgehead atoms. The van der Waals surface area contributed by atoms with Crippen LogP contribution in [0.3, 0.4) is 0 Å². The number of aromatic amines is 1. The van der Waals surface area contributed by atoms with Crippen LogP contribution in [0.5, 0.6) is 0 Å². The minimum Gasteiger partial charge on any atom is -0.364 e. The monoisotopic (exact) mass is 433 g/mol. The van der Waals surface area contributed by atoms with Crippen molar-refractivity contribution in [3.05, 3.63) is 77.0 Å². The maximum absolute atomic E-state index is 12.6. The number of hydrogen-bond donors (Lipinski definition) is 4. The molecule has 1 aliphatic rings. The predicted molar refractivity (Wildman–Crippen MR) is 124 cm³/mol. The SMILES string of the molecule is C[N+](C)(C1CCc2cc(/C=C/C(=O)NO)ccc21)[C@@H](Cc1c[nH]c2ccccc12)C(N)=O. The second kappa shape index (κ2) is 8.61. The average Bonchev–Trinajstić information content (AvgIpc) is 3.39. The van der Waals surface area contributed by atoms with Crippen LogP contribution in [-0.2, 0) is 22.4 Å². The summed E-state index contributed by atoms with van der Waals surface area (Å²) >= 11 is 0. The van der Waals surface area contributed by atoms with Crippen LogP contribution in [0.25, 0.3) is 17.0 Å². The number of carbonyl (C=O) groups is 2. The van der Waals surface area contributed by atoms with Gasteiger partial charge in [-0.25, -0.2) is 5.48 Å². The van der Waals surface area contributed by atoms with E-state index in [1.165, 1.54) is 17.2 Å². The number of H-pyrrole nitrogens is 1. The van der Waals surface area contributed by atoms with Crippen molar-refractivity contribution in [2.24, 2.45) is 5.73 Å². The number of fused-ring (bicyclic) bond motifs is 2. The molecule has 0 saturated carbocycles. The summed E-state index contributed by atoms with van der Waals surface area (Å²) < 4.78 is 0.476. The van der Waals surface area contributed by atoms with Gasteiger partial charge in [-0.3, -0.25) is 14.8 Å². The molecule has 7 heteroatoms. The minimum absolute atomic E-state index is 0.145. The van der Waals surface area contributed by atoms with E-state index >= 15 is 0 Å². The molecule has 0 fully saturated rings. The third-order valence-electron chi connectivity index (χ3n) is 6.77. The molecule has 0 saturated heterocycles. The summed E-state index contributed by atoms with van der Waals surface area (Å²) in [7, 11) is 4.17. The number of likely N-dealkylation sites (N-methyl/N-ethyl adjacent to an activating group) is 1. The number of para-hydroxylation sites is 1. The van der Waals surface area contributed by atoms with E-state index in [4.69, 9.17) is 10.9 Å². The van der Waals surface area contributed by atoms with E-state index in [1.807, 2.05) is 30.5 Å². The number of aromatic nitrogens is 1. The number of hydrogen-bond acceptors (Lipinski definition) is 3. The molecule has 2 amide bonds. The standard InChI is InChI=1S/C25H28N4O3/c1-29(2,23(25(26)31)14-18-15-27-21-6-4-3-5-19(18)21)22-11-9-17-13-16(7-10-20(17)22)8-12-24(30)28-32/h3-8,10,12-13,15,22-23,27H,9,11,14H2,1-2H3,(H3-,26,28,30,31,32)/p+1/b12-8+/t22?,23-/m0/s1. The molecule has 1 heterocycles. The van der Waals surface area contributed by atoms with Crippen molar-refractivity contribution in [3.63, 3.8) is 0 Å². The van der Waals surface area contributed by atoms with Crippen LogP contribution in [0.15, 0.2) is 54.7 Å². The maximum Gasteiger partial charge on any atom is 0.276 e. The zero-order valence-electron chi connectivity index (χ0n) is 18.3. The van der Waals surface area contributed by atoms with Gasteiger partial charge in [0.25, 0.3) is 11.8 Å². The largest absolute Gasteiger partial charge is 0.364 e. The maximum atomic E-state index is 12.6. The normalized spacial score (nSPS) is 16.9. The molecule has 3 aromatic rings. The van der Waals surface area contributed by atoms with Gasteiger partial charge in [0.2, 0.25) is 0 Å². The fourth-order valence-corrected chi connectivity index (χ4v) is 5.01. The molecule has 0 radical (unpaired) electrons. The van der Waals surface area contributed by atoms with E-state index in [0.717, 1.165) is 34.9 Å². The fraction of sp³-hybridized carbons (Fsp3) is 0.280. The molecule has 5 N–H and O–H groups in total. The van der Waals surface area contributed by atoms with Gasteiger partial charge in [0, 0.05) is 41.6 Å². The van der Waals surface area contributed by atoms with E-state index < -0.39 is 5.91 Å². The Labute approximate surface area is 187 Å². The molecule has 2 atom stereocenters. The van der Waals surface area contributed by atoms with E-state index in [-0.39, 0.29) is 18.0 Å². The number of nitrogens with zero attached hydrogens (tertiary/aromatic N) is 1. The lowest BCUT2D eigenvalue weighted by Crippen LogP contribution is -2.57. The molecule has 1 aromatic heterocycles. The molecule has 166 valence electrons. The molecular formula is C25H29N4O3+. The molecule has 7 nitrogen and oxygen atoms in total. The summed E-state index contributed by atoms with van der Waals surface area (Å²) in [6.07, 6.45) is 7.32. The van der Waals surface area contributed by atoms with Crippen LogP contribution < -0.4 is 11.2 Å². The van der Waals surface area contributed by atoms with Gasteiger partial charge < -0.3 is 15.2 Å². The Hall–Kier alpha value is -3.42. The zero-order chi connectivity index (χ0) is 22.9. The number of primary amides is 1. The Morgan fingerprint density at radius 1 is 1.28 bits per heavy atom. The number of nitrogens with one attached hydrogen (secondary N) is 2. The fourth-order valence-electron chi connectivity index (χ4n) is 5.01.